The van der Waals surface area contributed by atoms with E-state index in [4.69, 9.17) is 0 Å². The van der Waals surface area contributed by atoms with Crippen molar-refractivity contribution in [3.63, 3.8) is 0 Å². The van der Waals surface area contributed by atoms with Crippen molar-refractivity contribution in [2.24, 2.45) is 0 Å². The van der Waals surface area contributed by atoms with E-state index < -0.39 is 5.54 Å². The number of likely N-dealkylation sites (tertiary alicyclic amines) is 1. The number of anilines is 2. The highest BCUT2D eigenvalue weighted by Crippen LogP contribution is 2.36. The zero-order chi connectivity index (χ0) is 18.1. The number of nitrogens with one attached hydrogen (secondary N) is 3. The van der Waals surface area contributed by atoms with E-state index in [1.165, 1.54) is 0 Å². The third-order valence-electron chi connectivity index (χ3n) is 5.27. The van der Waals surface area contributed by atoms with Crippen LogP contribution < -0.4 is 16.0 Å². The molecular formula is C19H22N4O2S. The maximum absolute atomic E-state index is 12.7. The van der Waals surface area contributed by atoms with Gasteiger partial charge in [0, 0.05) is 13.1 Å². The van der Waals surface area contributed by atoms with Crippen LogP contribution in [0.5, 0.6) is 0 Å². The molecule has 2 aromatic rings. The van der Waals surface area contributed by atoms with Crippen molar-refractivity contribution in [1.82, 2.24) is 10.2 Å². The minimum absolute atomic E-state index is 0.0112. The Morgan fingerprint density at radius 3 is 2.65 bits per heavy atom. The number of benzene rings is 1. The van der Waals surface area contributed by atoms with Crippen LogP contribution in [0.15, 0.2) is 41.1 Å². The standard InChI is InChI=1S/C19H22N4O2S/c1-13(14-6-11-26-12-14)20-18(25)23-9-7-19(8-10-23)17(24)21-15-4-2-3-5-16(15)22-19/h2-6,11-13,22H,7-10H2,1H3,(H,20,25)(H,21,24)/t13-/m1/s1. The van der Waals surface area contributed by atoms with E-state index in [1.54, 1.807) is 16.2 Å². The zero-order valence-electron chi connectivity index (χ0n) is 14.6. The fraction of sp³-hybridized carbons (Fsp3) is 0.368. The number of piperidine rings is 1. The molecule has 2 aliphatic rings. The van der Waals surface area contributed by atoms with Crippen LogP contribution in [0.25, 0.3) is 0 Å². The molecular weight excluding hydrogens is 348 g/mol. The van der Waals surface area contributed by atoms with E-state index in [-0.39, 0.29) is 18.0 Å². The van der Waals surface area contributed by atoms with Gasteiger partial charge < -0.3 is 20.9 Å². The largest absolute Gasteiger partial charge is 0.369 e. The average molecular weight is 370 g/mol. The number of rotatable bonds is 2. The van der Waals surface area contributed by atoms with Gasteiger partial charge in [0.05, 0.1) is 17.4 Å². The molecule has 1 aromatic heterocycles. The van der Waals surface area contributed by atoms with Crippen LogP contribution in [-0.2, 0) is 4.79 Å². The van der Waals surface area contributed by atoms with Gasteiger partial charge >= 0.3 is 6.03 Å². The molecule has 0 bridgehead atoms. The number of thiophene rings is 1. The number of nitrogens with zero attached hydrogens (tertiary/aromatic N) is 1. The molecule has 7 heteroatoms. The Balaban J connectivity index is 1.39. The van der Waals surface area contributed by atoms with E-state index in [2.05, 4.69) is 16.0 Å². The number of carbonyl (C=O) groups is 2. The summed E-state index contributed by atoms with van der Waals surface area (Å²) in [4.78, 5) is 27.0. The minimum Gasteiger partial charge on any atom is -0.369 e. The molecule has 0 aliphatic carbocycles. The van der Waals surface area contributed by atoms with Crippen molar-refractivity contribution >= 4 is 34.6 Å². The van der Waals surface area contributed by atoms with Crippen molar-refractivity contribution in [3.8, 4) is 0 Å². The van der Waals surface area contributed by atoms with Crippen LogP contribution in [0.4, 0.5) is 16.2 Å². The molecule has 1 atom stereocenters. The summed E-state index contributed by atoms with van der Waals surface area (Å²) in [5.74, 6) is -0.0112. The summed E-state index contributed by atoms with van der Waals surface area (Å²) in [5, 5.41) is 13.5. The zero-order valence-corrected chi connectivity index (χ0v) is 15.4. The number of carbonyl (C=O) groups excluding carboxylic acids is 2. The average Bonchev–Trinajstić information content (AvgIpc) is 3.18. The molecule has 26 heavy (non-hydrogen) atoms. The van der Waals surface area contributed by atoms with Gasteiger partial charge in [-0.2, -0.15) is 11.3 Å². The summed E-state index contributed by atoms with van der Waals surface area (Å²) in [6, 6.07) is 9.64. The molecule has 3 N–H and O–H groups in total. The van der Waals surface area contributed by atoms with Crippen LogP contribution in [-0.4, -0.2) is 35.5 Å². The van der Waals surface area contributed by atoms with Crippen molar-refractivity contribution < 1.29 is 9.59 Å². The molecule has 3 heterocycles. The van der Waals surface area contributed by atoms with E-state index in [0.717, 1.165) is 16.9 Å². The Morgan fingerprint density at radius 1 is 1.23 bits per heavy atom. The Hall–Kier alpha value is -2.54. The first-order valence-electron chi connectivity index (χ1n) is 8.84. The lowest BCUT2D eigenvalue weighted by molar-refractivity contribution is -0.121. The SMILES string of the molecule is C[C@@H](NC(=O)N1CCC2(CC1)Nc1ccccc1NC2=O)c1ccsc1. The van der Waals surface area contributed by atoms with Gasteiger partial charge in [0.15, 0.2) is 0 Å². The van der Waals surface area contributed by atoms with Gasteiger partial charge in [-0.05, 0) is 54.3 Å². The fourth-order valence-electron chi connectivity index (χ4n) is 3.58. The van der Waals surface area contributed by atoms with Crippen molar-refractivity contribution in [3.05, 3.63) is 46.7 Å². The third kappa shape index (κ3) is 3.03. The fourth-order valence-corrected chi connectivity index (χ4v) is 4.34. The lowest BCUT2D eigenvalue weighted by atomic mass is 9.84. The molecule has 2 aliphatic heterocycles. The lowest BCUT2D eigenvalue weighted by Gasteiger charge is -2.44. The maximum atomic E-state index is 12.7. The minimum atomic E-state index is -0.635. The molecule has 1 aromatic carbocycles. The highest BCUT2D eigenvalue weighted by atomic mass is 32.1. The second kappa shape index (κ2) is 6.64. The molecule has 0 unspecified atom stereocenters. The van der Waals surface area contributed by atoms with E-state index >= 15 is 0 Å². The van der Waals surface area contributed by atoms with Gasteiger partial charge in [-0.15, -0.1) is 0 Å². The van der Waals surface area contributed by atoms with Crippen molar-refractivity contribution in [2.45, 2.75) is 31.3 Å². The quantitative estimate of drug-likeness (QED) is 0.758. The maximum Gasteiger partial charge on any atom is 0.317 e. The van der Waals surface area contributed by atoms with E-state index in [1.807, 2.05) is 48.0 Å². The molecule has 1 saturated heterocycles. The van der Waals surface area contributed by atoms with Crippen LogP contribution in [0.3, 0.4) is 0 Å². The summed E-state index contributed by atoms with van der Waals surface area (Å²) in [5.41, 5.74) is 2.23. The van der Waals surface area contributed by atoms with Gasteiger partial charge in [0.2, 0.25) is 5.91 Å². The number of fused-ring (bicyclic) bond motifs is 1. The highest BCUT2D eigenvalue weighted by Gasteiger charge is 2.45. The van der Waals surface area contributed by atoms with Gasteiger partial charge in [-0.25, -0.2) is 4.79 Å². The normalized spacial score (nSPS) is 19.3. The number of urea groups is 1. The van der Waals surface area contributed by atoms with Crippen molar-refractivity contribution in [2.75, 3.05) is 23.7 Å². The third-order valence-corrected chi connectivity index (χ3v) is 5.97. The van der Waals surface area contributed by atoms with Crippen LogP contribution in [0, 0.1) is 0 Å². The molecule has 1 fully saturated rings. The van der Waals surface area contributed by atoms with Crippen LogP contribution >= 0.6 is 11.3 Å². The smallest absolute Gasteiger partial charge is 0.317 e. The van der Waals surface area contributed by atoms with E-state index in [9.17, 15) is 9.59 Å². The second-order valence-corrected chi connectivity index (χ2v) is 7.70. The number of hydrogen-bond donors (Lipinski definition) is 3. The number of hydrogen-bond acceptors (Lipinski definition) is 4. The number of para-hydroxylation sites is 2. The Labute approximate surface area is 156 Å². The topological polar surface area (TPSA) is 73.5 Å². The molecule has 3 amide bonds. The summed E-state index contributed by atoms with van der Waals surface area (Å²) < 4.78 is 0. The molecule has 0 radical (unpaired) electrons. The summed E-state index contributed by atoms with van der Waals surface area (Å²) >= 11 is 1.62. The Kier molecular flexibility index (Phi) is 4.32. The number of amides is 3. The van der Waals surface area contributed by atoms with Crippen molar-refractivity contribution in [1.29, 1.82) is 0 Å². The van der Waals surface area contributed by atoms with Crippen LogP contribution in [0.1, 0.15) is 31.4 Å². The van der Waals surface area contributed by atoms with Gasteiger partial charge in [-0.3, -0.25) is 4.79 Å². The molecule has 136 valence electrons. The van der Waals surface area contributed by atoms with Crippen LogP contribution in [0.2, 0.25) is 0 Å². The summed E-state index contributed by atoms with van der Waals surface area (Å²) in [6.45, 7) is 3.08. The lowest BCUT2D eigenvalue weighted by Crippen LogP contribution is -2.60. The Bertz CT molecular complexity index is 813. The first kappa shape index (κ1) is 16.9. The highest BCUT2D eigenvalue weighted by molar-refractivity contribution is 7.07. The monoisotopic (exact) mass is 370 g/mol. The van der Waals surface area contributed by atoms with Gasteiger partial charge in [0.25, 0.3) is 0 Å². The summed E-state index contributed by atoms with van der Waals surface area (Å²) in [6.07, 6.45) is 1.18. The van der Waals surface area contributed by atoms with Gasteiger partial charge in [0.1, 0.15) is 5.54 Å². The Morgan fingerprint density at radius 2 is 1.96 bits per heavy atom. The molecule has 1 spiro atoms. The molecule has 4 rings (SSSR count). The summed E-state index contributed by atoms with van der Waals surface area (Å²) in [7, 11) is 0. The first-order chi connectivity index (χ1) is 12.6. The first-order valence-corrected chi connectivity index (χ1v) is 9.78. The predicted octanol–water partition coefficient (Wildman–Crippen LogP) is 3.42. The molecule has 6 nitrogen and oxygen atoms in total. The predicted molar refractivity (Wildman–Crippen MR) is 103 cm³/mol. The molecule has 0 saturated carbocycles. The van der Waals surface area contributed by atoms with Gasteiger partial charge in [-0.1, -0.05) is 12.1 Å². The second-order valence-electron chi connectivity index (χ2n) is 6.92. The van der Waals surface area contributed by atoms with E-state index in [0.29, 0.717) is 25.9 Å².